The summed E-state index contributed by atoms with van der Waals surface area (Å²) < 4.78 is 56.0. The lowest BCUT2D eigenvalue weighted by Crippen LogP contribution is -2.07. The Morgan fingerprint density at radius 3 is 2.14 bits per heavy atom. The van der Waals surface area contributed by atoms with Crippen LogP contribution in [0.4, 0.5) is 17.6 Å². The van der Waals surface area contributed by atoms with Crippen molar-refractivity contribution < 1.29 is 27.4 Å². The Bertz CT molecular complexity index is 621. The molecule has 0 aliphatic carbocycles. The highest BCUT2D eigenvalue weighted by molar-refractivity contribution is 5.36. The second-order valence-corrected chi connectivity index (χ2v) is 4.41. The highest BCUT2D eigenvalue weighted by Crippen LogP contribution is 2.32. The molecule has 2 aromatic rings. The highest BCUT2D eigenvalue weighted by Gasteiger charge is 2.30. The first-order valence-corrected chi connectivity index (χ1v) is 6.01. The minimum atomic E-state index is -4.45. The van der Waals surface area contributed by atoms with Crippen LogP contribution in [0, 0.1) is 5.82 Å². The molecule has 0 aliphatic heterocycles. The molecular weight excluding hydrogens is 288 g/mol. The topological polar surface area (TPSA) is 29.5 Å². The minimum Gasteiger partial charge on any atom is -0.497 e. The summed E-state index contributed by atoms with van der Waals surface area (Å²) in [5.41, 5.74) is -0.684. The largest absolute Gasteiger partial charge is 0.497 e. The predicted octanol–water partition coefficient (Wildman–Crippen LogP) is 3.93. The van der Waals surface area contributed by atoms with E-state index >= 15 is 0 Å². The molecule has 1 unspecified atom stereocenters. The second-order valence-electron chi connectivity index (χ2n) is 4.41. The van der Waals surface area contributed by atoms with Gasteiger partial charge in [0.05, 0.1) is 12.7 Å². The highest BCUT2D eigenvalue weighted by atomic mass is 19.4. The van der Waals surface area contributed by atoms with E-state index < -0.39 is 23.7 Å². The Hall–Kier alpha value is -2.08. The summed E-state index contributed by atoms with van der Waals surface area (Å²) in [6.45, 7) is 0. The lowest BCUT2D eigenvalue weighted by atomic mass is 9.99. The number of aliphatic hydroxyl groups excluding tert-OH is 1. The maximum absolute atomic E-state index is 13.8. The van der Waals surface area contributed by atoms with Gasteiger partial charge in [0.1, 0.15) is 17.7 Å². The van der Waals surface area contributed by atoms with Crippen molar-refractivity contribution >= 4 is 0 Å². The van der Waals surface area contributed by atoms with Crippen LogP contribution in [0.5, 0.6) is 5.75 Å². The number of ether oxygens (including phenoxy) is 1. The van der Waals surface area contributed by atoms with Crippen LogP contribution in [0.2, 0.25) is 0 Å². The molecule has 0 saturated heterocycles. The van der Waals surface area contributed by atoms with Crippen molar-refractivity contribution in [2.75, 3.05) is 7.11 Å². The number of hydrogen-bond donors (Lipinski definition) is 1. The van der Waals surface area contributed by atoms with E-state index in [0.717, 1.165) is 30.3 Å². The van der Waals surface area contributed by atoms with Crippen LogP contribution in [0.3, 0.4) is 0 Å². The van der Waals surface area contributed by atoms with Crippen molar-refractivity contribution in [3.8, 4) is 5.75 Å². The van der Waals surface area contributed by atoms with E-state index in [-0.39, 0.29) is 16.9 Å². The zero-order valence-electron chi connectivity index (χ0n) is 11.0. The third kappa shape index (κ3) is 3.33. The smallest absolute Gasteiger partial charge is 0.416 e. The van der Waals surface area contributed by atoms with Crippen molar-refractivity contribution in [2.24, 2.45) is 0 Å². The van der Waals surface area contributed by atoms with Gasteiger partial charge in [-0.3, -0.25) is 0 Å². The molecule has 0 aromatic heterocycles. The second kappa shape index (κ2) is 5.73. The first-order chi connectivity index (χ1) is 9.82. The summed E-state index contributed by atoms with van der Waals surface area (Å²) in [5, 5.41) is 10.1. The number of aliphatic hydroxyl groups is 1. The Morgan fingerprint density at radius 2 is 1.67 bits per heavy atom. The number of alkyl halides is 3. The summed E-state index contributed by atoms with van der Waals surface area (Å²) in [4.78, 5) is 0. The van der Waals surface area contributed by atoms with Crippen LogP contribution in [0.1, 0.15) is 22.8 Å². The van der Waals surface area contributed by atoms with E-state index in [1.165, 1.54) is 19.2 Å². The Labute approximate surface area is 118 Å². The minimum absolute atomic E-state index is 0.0319. The fraction of sp³-hybridized carbons (Fsp3) is 0.200. The van der Waals surface area contributed by atoms with Crippen molar-refractivity contribution in [3.63, 3.8) is 0 Å². The summed E-state index contributed by atoms with van der Waals surface area (Å²) in [6, 6.07) is 7.83. The van der Waals surface area contributed by atoms with Crippen molar-refractivity contribution in [2.45, 2.75) is 12.3 Å². The molecule has 0 heterocycles. The third-order valence-electron chi connectivity index (χ3n) is 3.06. The van der Waals surface area contributed by atoms with Crippen LogP contribution < -0.4 is 4.74 Å². The summed E-state index contributed by atoms with van der Waals surface area (Å²) in [5.74, 6) is -0.405. The van der Waals surface area contributed by atoms with Gasteiger partial charge in [-0.1, -0.05) is 12.1 Å². The average Bonchev–Trinajstić information content (AvgIpc) is 2.45. The van der Waals surface area contributed by atoms with Crippen molar-refractivity contribution in [3.05, 3.63) is 65.0 Å². The van der Waals surface area contributed by atoms with Gasteiger partial charge < -0.3 is 9.84 Å². The molecule has 6 heteroatoms. The molecule has 0 saturated carbocycles. The van der Waals surface area contributed by atoms with Crippen LogP contribution in [-0.4, -0.2) is 12.2 Å². The molecule has 0 amide bonds. The van der Waals surface area contributed by atoms with Crippen molar-refractivity contribution in [1.82, 2.24) is 0 Å². The van der Waals surface area contributed by atoms with E-state index in [2.05, 4.69) is 0 Å². The number of halogens is 4. The maximum atomic E-state index is 13.8. The van der Waals surface area contributed by atoms with Gasteiger partial charge in [-0.15, -0.1) is 0 Å². The first-order valence-electron chi connectivity index (χ1n) is 6.01. The van der Waals surface area contributed by atoms with E-state index in [1.807, 2.05) is 0 Å². The summed E-state index contributed by atoms with van der Waals surface area (Å²) >= 11 is 0. The molecule has 0 bridgehead atoms. The zero-order valence-corrected chi connectivity index (χ0v) is 11.0. The number of benzene rings is 2. The van der Waals surface area contributed by atoms with E-state index in [4.69, 9.17) is 4.74 Å². The predicted molar refractivity (Wildman–Crippen MR) is 68.5 cm³/mol. The summed E-state index contributed by atoms with van der Waals surface area (Å²) in [7, 11) is 1.38. The maximum Gasteiger partial charge on any atom is 0.416 e. The third-order valence-corrected chi connectivity index (χ3v) is 3.06. The Morgan fingerprint density at radius 1 is 1.05 bits per heavy atom. The monoisotopic (exact) mass is 300 g/mol. The Kier molecular flexibility index (Phi) is 4.18. The van der Waals surface area contributed by atoms with Crippen molar-refractivity contribution in [1.29, 1.82) is 0 Å². The molecule has 1 N–H and O–H groups in total. The molecule has 21 heavy (non-hydrogen) atoms. The first kappa shape index (κ1) is 15.3. The van der Waals surface area contributed by atoms with Crippen LogP contribution >= 0.6 is 0 Å². The molecule has 2 aromatic carbocycles. The fourth-order valence-corrected chi connectivity index (χ4v) is 1.89. The number of methoxy groups -OCH3 is 1. The quantitative estimate of drug-likeness (QED) is 0.870. The van der Waals surface area contributed by atoms with Gasteiger partial charge in [-0.05, 0) is 29.8 Å². The number of hydrogen-bond acceptors (Lipinski definition) is 2. The molecule has 0 fully saturated rings. The van der Waals surface area contributed by atoms with Crippen LogP contribution in [0.25, 0.3) is 0 Å². The van der Waals surface area contributed by atoms with Gasteiger partial charge in [0.2, 0.25) is 0 Å². The molecular formula is C15H12F4O2. The van der Waals surface area contributed by atoms with E-state index in [0.29, 0.717) is 0 Å². The Balaban J connectivity index is 2.30. The van der Waals surface area contributed by atoms with E-state index in [1.54, 1.807) is 0 Å². The molecule has 0 aliphatic rings. The molecule has 1 atom stereocenters. The molecule has 0 radical (unpaired) electrons. The SMILES string of the molecule is COc1ccc(C(O)c2ccc(C(F)(F)F)cc2)c(F)c1. The molecule has 2 rings (SSSR count). The lowest BCUT2D eigenvalue weighted by Gasteiger charge is -2.14. The molecule has 0 spiro atoms. The van der Waals surface area contributed by atoms with E-state index in [9.17, 15) is 22.7 Å². The lowest BCUT2D eigenvalue weighted by molar-refractivity contribution is -0.137. The van der Waals surface area contributed by atoms with Gasteiger partial charge in [-0.25, -0.2) is 4.39 Å². The fourth-order valence-electron chi connectivity index (χ4n) is 1.89. The normalized spacial score (nSPS) is 13.0. The van der Waals surface area contributed by atoms with Gasteiger partial charge in [0, 0.05) is 11.6 Å². The van der Waals surface area contributed by atoms with Gasteiger partial charge in [-0.2, -0.15) is 13.2 Å². The zero-order chi connectivity index (χ0) is 15.6. The molecule has 2 nitrogen and oxygen atoms in total. The van der Waals surface area contributed by atoms with Gasteiger partial charge in [0.25, 0.3) is 0 Å². The summed E-state index contributed by atoms with van der Waals surface area (Å²) in [6.07, 6.45) is -5.80. The van der Waals surface area contributed by atoms with Gasteiger partial charge >= 0.3 is 6.18 Å². The van der Waals surface area contributed by atoms with Gasteiger partial charge in [0.15, 0.2) is 0 Å². The standard InChI is InChI=1S/C15H12F4O2/c1-21-11-6-7-12(13(16)8-11)14(20)9-2-4-10(5-3-9)15(17,18)19/h2-8,14,20H,1H3. The molecule has 112 valence electrons. The number of rotatable bonds is 3. The average molecular weight is 300 g/mol. The van der Waals surface area contributed by atoms with Crippen LogP contribution in [-0.2, 0) is 6.18 Å². The van der Waals surface area contributed by atoms with Crippen LogP contribution in [0.15, 0.2) is 42.5 Å².